The minimum Gasteiger partial charge on any atom is -0.294 e. The molecule has 0 bridgehead atoms. The van der Waals surface area contributed by atoms with Gasteiger partial charge in [0.25, 0.3) is 0 Å². The van der Waals surface area contributed by atoms with Gasteiger partial charge in [-0.25, -0.2) is 4.98 Å². The Labute approximate surface area is 276 Å². The van der Waals surface area contributed by atoms with Crippen LogP contribution in [-0.2, 0) is 5.41 Å². The first-order chi connectivity index (χ1) is 23.0. The number of hydrogen-bond acceptors (Lipinski definition) is 1. The van der Waals surface area contributed by atoms with E-state index >= 15 is 0 Å². The first kappa shape index (κ1) is 27.8. The molecule has 0 aliphatic heterocycles. The molecule has 2 heteroatoms. The van der Waals surface area contributed by atoms with Crippen molar-refractivity contribution in [2.75, 3.05) is 0 Å². The van der Waals surface area contributed by atoms with E-state index < -0.39 is 0 Å². The molecule has 1 atom stereocenters. The third kappa shape index (κ3) is 4.36. The van der Waals surface area contributed by atoms with Crippen molar-refractivity contribution in [1.29, 1.82) is 0 Å². The SMILES string of the molecule is CC1CC=CC2=C1c1cc3c(cc1C2(C)C)c1ccccc1n3-c1ccc(-c2cc(-c3ccccc3)cc(-c3ccccc3)c2)cn1. The van der Waals surface area contributed by atoms with Crippen molar-refractivity contribution in [3.05, 3.63) is 162 Å². The van der Waals surface area contributed by atoms with Gasteiger partial charge < -0.3 is 0 Å². The largest absolute Gasteiger partial charge is 0.294 e. The molecule has 0 saturated carbocycles. The summed E-state index contributed by atoms with van der Waals surface area (Å²) in [5.41, 5.74) is 15.3. The fourth-order valence-corrected chi connectivity index (χ4v) is 8.04. The maximum atomic E-state index is 5.16. The van der Waals surface area contributed by atoms with Crippen LogP contribution in [0.2, 0.25) is 0 Å². The lowest BCUT2D eigenvalue weighted by atomic mass is 9.78. The van der Waals surface area contributed by atoms with Crippen molar-refractivity contribution in [3.63, 3.8) is 0 Å². The van der Waals surface area contributed by atoms with Crippen LogP contribution in [0.5, 0.6) is 0 Å². The van der Waals surface area contributed by atoms with E-state index in [-0.39, 0.29) is 5.41 Å². The van der Waals surface area contributed by atoms with E-state index in [1.54, 1.807) is 0 Å². The molecule has 0 N–H and O–H groups in total. The van der Waals surface area contributed by atoms with Crippen LogP contribution >= 0.6 is 0 Å². The maximum Gasteiger partial charge on any atom is 0.137 e. The van der Waals surface area contributed by atoms with E-state index in [0.29, 0.717) is 5.92 Å². The predicted molar refractivity (Wildman–Crippen MR) is 198 cm³/mol. The molecule has 7 aromatic rings. The minimum atomic E-state index is -0.0139. The summed E-state index contributed by atoms with van der Waals surface area (Å²) in [7, 11) is 0. The Kier molecular flexibility index (Phi) is 6.23. The molecular formula is C45H36N2. The molecule has 2 aliphatic rings. The van der Waals surface area contributed by atoms with Crippen LogP contribution in [0.15, 0.2) is 151 Å². The zero-order valence-corrected chi connectivity index (χ0v) is 27.0. The van der Waals surface area contributed by atoms with Gasteiger partial charge >= 0.3 is 0 Å². The van der Waals surface area contributed by atoms with Crippen LogP contribution in [0.25, 0.3) is 66.6 Å². The van der Waals surface area contributed by atoms with E-state index in [1.807, 2.05) is 6.20 Å². The fourth-order valence-electron chi connectivity index (χ4n) is 8.04. The van der Waals surface area contributed by atoms with Crippen LogP contribution in [-0.4, -0.2) is 9.55 Å². The van der Waals surface area contributed by atoms with Gasteiger partial charge in [0.05, 0.1) is 11.0 Å². The molecular weight excluding hydrogens is 569 g/mol. The summed E-state index contributed by atoms with van der Waals surface area (Å²) < 4.78 is 2.36. The quantitative estimate of drug-likeness (QED) is 0.195. The van der Waals surface area contributed by atoms with Crippen LogP contribution in [0.1, 0.15) is 38.3 Å². The van der Waals surface area contributed by atoms with Gasteiger partial charge in [-0.2, -0.15) is 0 Å². The molecule has 0 radical (unpaired) electrons. The third-order valence-electron chi connectivity index (χ3n) is 10.5. The van der Waals surface area contributed by atoms with E-state index in [4.69, 9.17) is 4.98 Å². The minimum absolute atomic E-state index is 0.0139. The second kappa shape index (κ2) is 10.5. The summed E-state index contributed by atoms with van der Waals surface area (Å²) in [6.07, 6.45) is 7.87. The Hall–Kier alpha value is -5.47. The molecule has 5 aromatic carbocycles. The number of rotatable bonds is 4. The number of aromatic nitrogens is 2. The van der Waals surface area contributed by atoms with E-state index in [1.165, 1.54) is 66.3 Å². The molecule has 2 aliphatic carbocycles. The van der Waals surface area contributed by atoms with Crippen molar-refractivity contribution in [3.8, 4) is 39.2 Å². The number of fused-ring (bicyclic) bond motifs is 5. The second-order valence-corrected chi connectivity index (χ2v) is 13.7. The number of benzene rings is 5. The summed E-state index contributed by atoms with van der Waals surface area (Å²) >= 11 is 0. The van der Waals surface area contributed by atoms with Gasteiger partial charge in [0.1, 0.15) is 5.82 Å². The Morgan fingerprint density at radius 3 is 1.91 bits per heavy atom. The number of para-hydroxylation sites is 1. The summed E-state index contributed by atoms with van der Waals surface area (Å²) in [6, 6.07) is 46.2. The van der Waals surface area contributed by atoms with Gasteiger partial charge in [-0.15, -0.1) is 0 Å². The Bertz CT molecular complexity index is 2330. The van der Waals surface area contributed by atoms with Crippen LogP contribution < -0.4 is 0 Å². The van der Waals surface area contributed by atoms with Crippen LogP contribution in [0.4, 0.5) is 0 Å². The average molecular weight is 605 g/mol. The molecule has 2 aromatic heterocycles. The monoisotopic (exact) mass is 604 g/mol. The molecule has 1 unspecified atom stereocenters. The smallest absolute Gasteiger partial charge is 0.137 e. The zero-order valence-electron chi connectivity index (χ0n) is 27.0. The number of hydrogen-bond donors (Lipinski definition) is 0. The van der Waals surface area contributed by atoms with E-state index in [0.717, 1.165) is 23.4 Å². The molecule has 0 amide bonds. The van der Waals surface area contributed by atoms with Crippen molar-refractivity contribution in [2.45, 2.75) is 32.6 Å². The lowest BCUT2D eigenvalue weighted by molar-refractivity contribution is 0.644. The van der Waals surface area contributed by atoms with Crippen molar-refractivity contribution >= 4 is 27.4 Å². The van der Waals surface area contributed by atoms with Gasteiger partial charge in [0.2, 0.25) is 0 Å². The lowest BCUT2D eigenvalue weighted by Crippen LogP contribution is -2.17. The second-order valence-electron chi connectivity index (χ2n) is 13.7. The van der Waals surface area contributed by atoms with Crippen molar-refractivity contribution < 1.29 is 0 Å². The van der Waals surface area contributed by atoms with Gasteiger partial charge in [0.15, 0.2) is 0 Å². The molecule has 0 spiro atoms. The molecule has 9 rings (SSSR count). The standard InChI is InChI=1S/C45H36N2/c1-29-13-12-19-39-44(29)38-27-42-37(26-40(38)45(39,2)3)36-18-10-11-20-41(36)47(42)43-22-21-32(28-46-43)35-24-33(30-14-6-4-7-15-30)23-34(25-35)31-16-8-5-9-17-31/h4-12,14-29H,13H2,1-3H3. The third-order valence-corrected chi connectivity index (χ3v) is 10.5. The van der Waals surface area contributed by atoms with E-state index in [9.17, 15) is 0 Å². The number of nitrogens with zero attached hydrogens (tertiary/aromatic N) is 2. The molecule has 2 heterocycles. The van der Waals surface area contributed by atoms with Gasteiger partial charge in [0, 0.05) is 27.9 Å². The Morgan fingerprint density at radius 2 is 1.26 bits per heavy atom. The van der Waals surface area contributed by atoms with Gasteiger partial charge in [-0.05, 0) is 111 Å². The highest BCUT2D eigenvalue weighted by molar-refractivity contribution is 6.11. The first-order valence-electron chi connectivity index (χ1n) is 16.7. The predicted octanol–water partition coefficient (Wildman–Crippen LogP) is 11.8. The summed E-state index contributed by atoms with van der Waals surface area (Å²) in [5.74, 6) is 1.45. The highest BCUT2D eigenvalue weighted by Crippen LogP contribution is 2.53. The summed E-state index contributed by atoms with van der Waals surface area (Å²) in [4.78, 5) is 5.16. The topological polar surface area (TPSA) is 17.8 Å². The molecule has 0 saturated heterocycles. The molecule has 226 valence electrons. The Morgan fingerprint density at radius 1 is 0.617 bits per heavy atom. The highest BCUT2D eigenvalue weighted by atomic mass is 15.1. The zero-order chi connectivity index (χ0) is 31.7. The molecule has 47 heavy (non-hydrogen) atoms. The fraction of sp³-hybridized carbons (Fsp3) is 0.133. The maximum absolute atomic E-state index is 5.16. The van der Waals surface area contributed by atoms with Crippen molar-refractivity contribution in [1.82, 2.24) is 9.55 Å². The first-order valence-corrected chi connectivity index (χ1v) is 16.7. The van der Waals surface area contributed by atoms with Crippen molar-refractivity contribution in [2.24, 2.45) is 5.92 Å². The Balaban J connectivity index is 1.20. The molecule has 2 nitrogen and oxygen atoms in total. The van der Waals surface area contributed by atoms with E-state index in [2.05, 4.69) is 165 Å². The number of pyridine rings is 1. The van der Waals surface area contributed by atoms with Gasteiger partial charge in [-0.1, -0.05) is 112 Å². The van der Waals surface area contributed by atoms with Crippen LogP contribution in [0, 0.1) is 5.92 Å². The van der Waals surface area contributed by atoms with Crippen LogP contribution in [0.3, 0.4) is 0 Å². The lowest BCUT2D eigenvalue weighted by Gasteiger charge is -2.25. The van der Waals surface area contributed by atoms with Gasteiger partial charge in [-0.3, -0.25) is 4.57 Å². The molecule has 0 fully saturated rings. The summed E-state index contributed by atoms with van der Waals surface area (Å²) in [6.45, 7) is 7.15. The normalized spacial score (nSPS) is 16.5. The average Bonchev–Trinajstić information content (AvgIpc) is 3.56. The number of allylic oxidation sites excluding steroid dienone is 4. The highest BCUT2D eigenvalue weighted by Gasteiger charge is 2.39. The summed E-state index contributed by atoms with van der Waals surface area (Å²) in [5, 5.41) is 2.56.